The monoisotopic (exact) mass is 928 g/mol. The minimum atomic E-state index is -2.05. The second-order valence-electron chi connectivity index (χ2n) is 19.4. The third kappa shape index (κ3) is 5.12. The van der Waals surface area contributed by atoms with E-state index in [1.165, 1.54) is 0 Å². The van der Waals surface area contributed by atoms with E-state index in [2.05, 4.69) is 0 Å². The number of hydrogen-bond donors (Lipinski definition) is 0. The van der Waals surface area contributed by atoms with Gasteiger partial charge in [-0.3, -0.25) is 0 Å². The summed E-state index contributed by atoms with van der Waals surface area (Å²) in [5, 5.41) is 9.18. The van der Waals surface area contributed by atoms with Crippen molar-refractivity contribution in [2.75, 3.05) is 9.80 Å². The lowest BCUT2D eigenvalue weighted by molar-refractivity contribution is 0.590. The van der Waals surface area contributed by atoms with Gasteiger partial charge >= 0.3 is 0 Å². The molecular weight excluding hydrogens is 854 g/mol. The molecule has 6 nitrogen and oxygen atoms in total. The zero-order chi connectivity index (χ0) is 71.5. The van der Waals surface area contributed by atoms with Gasteiger partial charge in [0.1, 0.15) is 11.2 Å². The smallest absolute Gasteiger partial charge is 0.252 e. The number of nitriles is 1. The summed E-state index contributed by atoms with van der Waals surface area (Å²) in [5.41, 5.74) is -12.8. The molecule has 0 aliphatic carbocycles. The summed E-state index contributed by atoms with van der Waals surface area (Å²) in [6.07, 6.45) is 0. The Hall–Kier alpha value is -8.47. The fourth-order valence-corrected chi connectivity index (χ4v) is 10.1. The zero-order valence-electron chi connectivity index (χ0n) is 65.7. The van der Waals surface area contributed by atoms with Crippen molar-refractivity contribution in [3.63, 3.8) is 0 Å². The van der Waals surface area contributed by atoms with Crippen LogP contribution in [0.15, 0.2) is 174 Å². The number of hydrogen-bond acceptors (Lipinski definition) is 4. The molecule has 12 aromatic rings. The molecule has 0 amide bonds. The number of para-hydroxylation sites is 4. The Morgan fingerprint density at radius 2 is 1.10 bits per heavy atom. The van der Waals surface area contributed by atoms with Gasteiger partial charge in [0.05, 0.1) is 89.1 Å². The van der Waals surface area contributed by atoms with Gasteiger partial charge in [-0.25, -0.2) is 0 Å². The third-order valence-electron chi connectivity index (χ3n) is 13.3. The summed E-state index contributed by atoms with van der Waals surface area (Å²) in [6, 6.07) is -20.6. The summed E-state index contributed by atoms with van der Waals surface area (Å²) >= 11 is 0. The molecule has 3 aliphatic rings. The van der Waals surface area contributed by atoms with Gasteiger partial charge in [0.25, 0.3) is 6.71 Å². The fraction of sp³-hybridized carbons (Fsp3) is 0.127. The molecule has 0 saturated heterocycles. The molecule has 6 heterocycles. The Morgan fingerprint density at radius 3 is 1.84 bits per heavy atom. The van der Waals surface area contributed by atoms with Crippen LogP contribution in [0.4, 0.5) is 34.1 Å². The number of nitrogens with zero attached hydrogens (tertiary/aromatic N) is 5. The molecule has 7 heteroatoms. The molecule has 0 fully saturated rings. The van der Waals surface area contributed by atoms with Crippen LogP contribution in [0, 0.1) is 11.3 Å². The van der Waals surface area contributed by atoms with Crippen LogP contribution in [-0.4, -0.2) is 15.8 Å². The number of aromatic nitrogens is 2. The highest BCUT2D eigenvalue weighted by Gasteiger charge is 2.46. The van der Waals surface area contributed by atoms with E-state index in [4.69, 9.17) is 11.3 Å². The van der Waals surface area contributed by atoms with Crippen molar-refractivity contribution in [1.82, 2.24) is 9.13 Å². The Kier molecular flexibility index (Phi) is 4.03. The van der Waals surface area contributed by atoms with Crippen LogP contribution in [0.2, 0.25) is 0 Å². The average Bonchev–Trinajstić information content (AvgIpc) is 1.14. The van der Waals surface area contributed by atoms with E-state index in [0.717, 1.165) is 18.9 Å². The van der Waals surface area contributed by atoms with Crippen LogP contribution in [-0.2, 0) is 10.8 Å². The van der Waals surface area contributed by atoms with Gasteiger partial charge in [0.15, 0.2) is 0 Å². The largest absolute Gasteiger partial charge is 0.456 e. The van der Waals surface area contributed by atoms with E-state index in [0.29, 0.717) is 0 Å². The van der Waals surface area contributed by atoms with Gasteiger partial charge in [-0.2, -0.15) is 5.26 Å². The Bertz CT molecular complexity index is 5960. The van der Waals surface area contributed by atoms with Gasteiger partial charge in [-0.15, -0.1) is 0 Å². The van der Waals surface area contributed by atoms with Crippen LogP contribution in [0.5, 0.6) is 0 Å². The first-order chi connectivity index (χ1) is 45.7. The second kappa shape index (κ2) is 13.4. The molecule has 0 radical (unpaired) electrons. The standard InChI is InChI=1S/C63H46BN5O/c1-62(2,3)37-21-26-50-44(31-37)45-32-38(63(4,5)6)22-27-51(45)66(50)40-23-25-47-54(34-40)67(39-24-28-58-46(33-39)42-14-8-10-20-57(42)70-58)55-29-36(35-65)30-56-59(55)64(47)48-16-12-19-53-61(48)69(56)52-18-11-15-43-41-13-7-9-17-49(41)68(53)60(43)52/h7-34H,1-6H3/i7D,8D,9D,10D,11D,12D,13D,14D,15D,16D,17D,18D,19D,20D,21D,22D,23D,24D,25D,26D,27D,28D,29D,30D,31D,32D,33D,34D. The van der Waals surface area contributed by atoms with Crippen molar-refractivity contribution < 1.29 is 42.8 Å². The first kappa shape index (κ1) is 21.0. The normalized spacial score (nSPS) is 19.4. The van der Waals surface area contributed by atoms with Crippen molar-refractivity contribution in [3.05, 3.63) is 186 Å². The maximum atomic E-state index is 11.5. The summed E-state index contributed by atoms with van der Waals surface area (Å²) in [6.45, 7) is 8.05. The lowest BCUT2D eigenvalue weighted by Crippen LogP contribution is -2.61. The predicted octanol–water partition coefficient (Wildman–Crippen LogP) is 14.6. The number of furan rings is 1. The summed E-state index contributed by atoms with van der Waals surface area (Å²) in [5.74, 6) is 0. The minimum Gasteiger partial charge on any atom is -0.456 e. The number of anilines is 6. The molecule has 3 aliphatic heterocycles. The average molecular weight is 928 g/mol. The van der Waals surface area contributed by atoms with E-state index < -0.39 is 298 Å². The molecule has 0 N–H and O–H groups in total. The van der Waals surface area contributed by atoms with Crippen LogP contribution in [0.3, 0.4) is 0 Å². The van der Waals surface area contributed by atoms with Gasteiger partial charge in [-0.1, -0.05) is 120 Å². The number of benzene rings is 9. The van der Waals surface area contributed by atoms with E-state index >= 15 is 0 Å². The van der Waals surface area contributed by atoms with Gasteiger partial charge in [0, 0.05) is 60.8 Å². The highest BCUT2D eigenvalue weighted by Crippen LogP contribution is 2.53. The second-order valence-corrected chi connectivity index (χ2v) is 19.4. The quantitative estimate of drug-likeness (QED) is 0.162. The van der Waals surface area contributed by atoms with Crippen LogP contribution >= 0.6 is 0 Å². The highest BCUT2D eigenvalue weighted by molar-refractivity contribution is 7.00. The Balaban J connectivity index is 1.23. The van der Waals surface area contributed by atoms with E-state index in [1.54, 1.807) is 41.5 Å². The van der Waals surface area contributed by atoms with Gasteiger partial charge in [-0.05, 0) is 129 Å². The van der Waals surface area contributed by atoms with Gasteiger partial charge in [0.2, 0.25) is 0 Å². The lowest BCUT2D eigenvalue weighted by atomic mass is 9.33. The number of rotatable bonds is 2. The van der Waals surface area contributed by atoms with E-state index in [1.807, 2.05) is 6.07 Å². The van der Waals surface area contributed by atoms with Crippen molar-refractivity contribution in [1.29, 1.82) is 5.26 Å². The first-order valence-corrected chi connectivity index (χ1v) is 22.2. The summed E-state index contributed by atoms with van der Waals surface area (Å²) in [7, 11) is 0. The van der Waals surface area contributed by atoms with Crippen molar-refractivity contribution in [2.45, 2.75) is 52.4 Å². The zero-order valence-corrected chi connectivity index (χ0v) is 37.7. The summed E-state index contributed by atoms with van der Waals surface area (Å²) in [4.78, 5) is 1.87. The Morgan fingerprint density at radius 1 is 0.471 bits per heavy atom. The molecule has 15 rings (SSSR count). The lowest BCUT2D eigenvalue weighted by Gasteiger charge is -2.46. The van der Waals surface area contributed by atoms with Crippen molar-refractivity contribution >= 4 is 123 Å². The third-order valence-corrected chi connectivity index (χ3v) is 13.3. The van der Waals surface area contributed by atoms with Crippen molar-refractivity contribution in [2.24, 2.45) is 0 Å². The van der Waals surface area contributed by atoms with Gasteiger partial charge < -0.3 is 23.4 Å². The SMILES string of the molecule is [2H]c1c([2H])c2c3c(c1[2H])-n1c4c([2H])c([2H])c([2H])c([2H])c4c4c([2H])c([2H])c([2H])c(c41)N3c1c([2H])c(C#N)c([2H])c3c1B2c1c([2H])c([2H])c(-n2c4c([2H])c([2H])c(C(C)(C)C)c([2H])c4c4c([2H])c(C(C)(C)C)c([2H])c([2H])c42)c([2H])c1N3c1c([2H])c([2H])c2oc3c([2H])c([2H])c([2H])c([2H])c3c2c1[2H]. The molecule has 0 spiro atoms. The highest BCUT2D eigenvalue weighted by atomic mass is 16.3. The fourth-order valence-electron chi connectivity index (χ4n) is 10.1. The topological polar surface area (TPSA) is 53.3 Å². The molecule has 0 saturated carbocycles. The van der Waals surface area contributed by atoms with Crippen molar-refractivity contribution in [3.8, 4) is 17.4 Å². The molecule has 0 atom stereocenters. The van der Waals surface area contributed by atoms with Crippen LogP contribution < -0.4 is 26.2 Å². The molecular formula is C63H46BN5O. The Labute approximate surface area is 445 Å². The molecule has 332 valence electrons. The number of fused-ring (bicyclic) bond motifs is 15. The maximum absolute atomic E-state index is 11.5. The molecule has 70 heavy (non-hydrogen) atoms. The molecule has 3 aromatic heterocycles. The summed E-state index contributed by atoms with van der Waals surface area (Å²) < 4.78 is 280. The molecule has 9 aromatic carbocycles. The first-order valence-electron chi connectivity index (χ1n) is 36.2. The maximum Gasteiger partial charge on any atom is 0.252 e. The van der Waals surface area contributed by atoms with Crippen LogP contribution in [0.25, 0.3) is 76.9 Å². The minimum absolute atomic E-state index is 0.00502. The molecule has 0 bridgehead atoms. The predicted molar refractivity (Wildman–Crippen MR) is 292 cm³/mol. The van der Waals surface area contributed by atoms with Crippen LogP contribution in [0.1, 0.15) is 96.6 Å². The van der Waals surface area contributed by atoms with E-state index in [-0.39, 0.29) is 32.8 Å². The molecule has 0 unspecified atom stereocenters. The van der Waals surface area contributed by atoms with E-state index in [9.17, 15) is 36.8 Å².